The van der Waals surface area contributed by atoms with Crippen LogP contribution in [0.1, 0.15) is 35.7 Å². The molecule has 3 aromatic rings. The number of halogens is 3. The van der Waals surface area contributed by atoms with Crippen LogP contribution >= 0.6 is 0 Å². The largest absolute Gasteiger partial charge is 0.503 e. The number of phenolic OH excluding ortho intramolecular Hbond substituents is 1. The van der Waals surface area contributed by atoms with Crippen molar-refractivity contribution in [2.24, 2.45) is 0 Å². The van der Waals surface area contributed by atoms with Gasteiger partial charge in [-0.1, -0.05) is 11.2 Å². The van der Waals surface area contributed by atoms with E-state index in [-0.39, 0.29) is 12.6 Å². The van der Waals surface area contributed by atoms with Gasteiger partial charge in [0, 0.05) is 12.2 Å². The molecule has 0 radical (unpaired) electrons. The fourth-order valence-corrected chi connectivity index (χ4v) is 2.63. The van der Waals surface area contributed by atoms with Gasteiger partial charge in [0.1, 0.15) is 0 Å². The smallest absolute Gasteiger partial charge is 0.295 e. The molecule has 2 heterocycles. The van der Waals surface area contributed by atoms with E-state index in [0.29, 0.717) is 11.8 Å². The first kappa shape index (κ1) is 20.3. The van der Waals surface area contributed by atoms with Crippen LogP contribution in [0.5, 0.6) is 5.75 Å². The molecule has 0 bridgehead atoms. The van der Waals surface area contributed by atoms with Crippen LogP contribution in [-0.2, 0) is 6.54 Å². The zero-order valence-corrected chi connectivity index (χ0v) is 15.8. The average molecular weight is 406 g/mol. The number of pyridine rings is 1. The van der Waals surface area contributed by atoms with E-state index >= 15 is 0 Å². The van der Waals surface area contributed by atoms with Crippen LogP contribution in [0.3, 0.4) is 0 Å². The highest BCUT2D eigenvalue weighted by Gasteiger charge is 2.28. The molecule has 10 heteroatoms. The van der Waals surface area contributed by atoms with Gasteiger partial charge in [-0.15, -0.1) is 0 Å². The van der Waals surface area contributed by atoms with Crippen molar-refractivity contribution >= 4 is 5.91 Å². The molecular formula is C19H17F3N4O3. The van der Waals surface area contributed by atoms with Gasteiger partial charge in [0.25, 0.3) is 17.6 Å². The van der Waals surface area contributed by atoms with E-state index in [4.69, 9.17) is 4.52 Å². The number of aryl methyl sites for hydroxylation is 1. The Bertz CT molecular complexity index is 1070. The van der Waals surface area contributed by atoms with Crippen molar-refractivity contribution in [3.63, 3.8) is 0 Å². The number of hydrogen-bond acceptors (Lipinski definition) is 6. The highest BCUT2D eigenvalue weighted by atomic mass is 19.2. The first-order chi connectivity index (χ1) is 13.7. The third-order valence-corrected chi connectivity index (χ3v) is 4.30. The summed E-state index contributed by atoms with van der Waals surface area (Å²) in [4.78, 5) is 22.3. The lowest BCUT2D eigenvalue weighted by molar-refractivity contribution is 0.0671. The van der Waals surface area contributed by atoms with Crippen LogP contribution in [-0.4, -0.2) is 37.1 Å². The van der Waals surface area contributed by atoms with E-state index in [1.807, 2.05) is 13.0 Å². The van der Waals surface area contributed by atoms with Gasteiger partial charge < -0.3 is 14.5 Å². The predicted molar refractivity (Wildman–Crippen MR) is 95.3 cm³/mol. The Morgan fingerprint density at radius 1 is 1.28 bits per heavy atom. The van der Waals surface area contributed by atoms with Crippen molar-refractivity contribution in [2.45, 2.75) is 33.4 Å². The predicted octanol–water partition coefficient (Wildman–Crippen LogP) is 3.61. The lowest BCUT2D eigenvalue weighted by Crippen LogP contribution is -2.37. The van der Waals surface area contributed by atoms with Crippen LogP contribution in [0.25, 0.3) is 11.5 Å². The van der Waals surface area contributed by atoms with Crippen LogP contribution in [0.4, 0.5) is 13.2 Å². The number of hydrogen-bond donors (Lipinski definition) is 1. The minimum atomic E-state index is -1.74. The zero-order valence-electron chi connectivity index (χ0n) is 15.8. The third-order valence-electron chi connectivity index (χ3n) is 4.30. The molecule has 29 heavy (non-hydrogen) atoms. The maximum Gasteiger partial charge on any atom is 0.295 e. The van der Waals surface area contributed by atoms with E-state index in [9.17, 15) is 23.1 Å². The summed E-state index contributed by atoms with van der Waals surface area (Å²) in [5.41, 5.74) is 0.901. The van der Waals surface area contributed by atoms with Gasteiger partial charge in [0.2, 0.25) is 5.82 Å². The van der Waals surface area contributed by atoms with Crippen LogP contribution in [0, 0.1) is 24.4 Å². The van der Waals surface area contributed by atoms with Crippen LogP contribution < -0.4 is 0 Å². The number of amides is 1. The molecule has 0 saturated carbocycles. The van der Waals surface area contributed by atoms with E-state index in [0.717, 1.165) is 5.56 Å². The van der Waals surface area contributed by atoms with Gasteiger partial charge in [0.15, 0.2) is 17.4 Å². The van der Waals surface area contributed by atoms with Crippen LogP contribution in [0.2, 0.25) is 0 Å². The Morgan fingerprint density at radius 2 is 2.00 bits per heavy atom. The quantitative estimate of drug-likeness (QED) is 0.651. The number of aromatic hydroxyl groups is 1. The van der Waals surface area contributed by atoms with Gasteiger partial charge in [-0.25, -0.2) is 8.78 Å². The Kier molecular flexibility index (Phi) is 5.53. The van der Waals surface area contributed by atoms with Gasteiger partial charge in [-0.2, -0.15) is 9.37 Å². The molecule has 7 nitrogen and oxygen atoms in total. The second-order valence-electron chi connectivity index (χ2n) is 6.60. The summed E-state index contributed by atoms with van der Waals surface area (Å²) in [6.07, 6.45) is 1.61. The van der Waals surface area contributed by atoms with Crippen molar-refractivity contribution in [3.8, 4) is 17.2 Å². The van der Waals surface area contributed by atoms with Crippen molar-refractivity contribution < 1.29 is 27.6 Å². The lowest BCUT2D eigenvalue weighted by atomic mass is 10.1. The summed E-state index contributed by atoms with van der Waals surface area (Å²) >= 11 is 0. The fraction of sp³-hybridized carbons (Fsp3) is 0.263. The number of rotatable bonds is 5. The number of phenols is 1. The summed E-state index contributed by atoms with van der Waals surface area (Å²) in [6.45, 7) is 5.60. The Morgan fingerprint density at radius 3 is 2.66 bits per heavy atom. The van der Waals surface area contributed by atoms with Gasteiger partial charge in [-0.05, 0) is 38.5 Å². The van der Waals surface area contributed by atoms with Crippen molar-refractivity contribution in [1.29, 1.82) is 0 Å². The highest BCUT2D eigenvalue weighted by Crippen LogP contribution is 2.31. The third kappa shape index (κ3) is 3.91. The summed E-state index contributed by atoms with van der Waals surface area (Å²) < 4.78 is 45.7. The Labute approximate surface area is 163 Å². The first-order valence-corrected chi connectivity index (χ1v) is 8.62. The average Bonchev–Trinajstić information content (AvgIpc) is 3.17. The molecule has 1 amide bonds. The van der Waals surface area contributed by atoms with E-state index in [1.165, 1.54) is 4.90 Å². The highest BCUT2D eigenvalue weighted by molar-refractivity contribution is 5.91. The normalized spacial score (nSPS) is 11.1. The summed E-state index contributed by atoms with van der Waals surface area (Å²) in [5.74, 6) is -7.81. The number of benzene rings is 1. The summed E-state index contributed by atoms with van der Waals surface area (Å²) in [7, 11) is 0. The Hall–Kier alpha value is -3.43. The fourth-order valence-electron chi connectivity index (χ4n) is 2.63. The zero-order chi connectivity index (χ0) is 21.3. The number of nitrogens with zero attached hydrogens (tertiary/aromatic N) is 4. The molecule has 0 atom stereocenters. The lowest BCUT2D eigenvalue weighted by Gasteiger charge is -2.25. The van der Waals surface area contributed by atoms with Crippen molar-refractivity contribution in [2.75, 3.05) is 0 Å². The molecule has 2 aromatic heterocycles. The second kappa shape index (κ2) is 7.90. The van der Waals surface area contributed by atoms with Crippen molar-refractivity contribution in [1.82, 2.24) is 20.0 Å². The molecule has 0 fully saturated rings. The molecule has 0 spiro atoms. The number of aromatic nitrogens is 3. The molecule has 0 aliphatic heterocycles. The number of carbonyl (C=O) groups is 1. The first-order valence-electron chi connectivity index (χ1n) is 8.62. The standard InChI is InChI=1S/C19H17F3N4O3/c1-9(2)26(8-13-10(3)5-4-6-23-13)19(28)17-24-18(29-25-17)11-7-12(20)15(22)16(27)14(11)21/h4-7,9,27H,8H2,1-3H3. The van der Waals surface area contributed by atoms with E-state index in [2.05, 4.69) is 15.1 Å². The minimum absolute atomic E-state index is 0.174. The van der Waals surface area contributed by atoms with Gasteiger partial charge >= 0.3 is 0 Å². The van der Waals surface area contributed by atoms with Gasteiger partial charge in [-0.3, -0.25) is 9.78 Å². The van der Waals surface area contributed by atoms with E-state index in [1.54, 1.807) is 26.1 Å². The second-order valence-corrected chi connectivity index (χ2v) is 6.60. The summed E-state index contributed by atoms with van der Waals surface area (Å²) in [6, 6.07) is 3.84. The molecule has 0 saturated heterocycles. The molecule has 0 aliphatic carbocycles. The molecular weight excluding hydrogens is 389 g/mol. The molecule has 0 unspecified atom stereocenters. The molecule has 1 N–H and O–H groups in total. The maximum absolute atomic E-state index is 14.1. The monoisotopic (exact) mass is 406 g/mol. The van der Waals surface area contributed by atoms with E-state index < -0.39 is 46.4 Å². The van der Waals surface area contributed by atoms with Gasteiger partial charge in [0.05, 0.1) is 17.8 Å². The number of carbonyl (C=O) groups excluding carboxylic acids is 1. The maximum atomic E-state index is 14.1. The molecule has 3 rings (SSSR count). The molecule has 1 aromatic carbocycles. The van der Waals surface area contributed by atoms with Crippen molar-refractivity contribution in [3.05, 3.63) is 58.9 Å². The van der Waals surface area contributed by atoms with Crippen LogP contribution in [0.15, 0.2) is 28.9 Å². The summed E-state index contributed by atoms with van der Waals surface area (Å²) in [5, 5.41) is 12.9. The topological polar surface area (TPSA) is 92.4 Å². The molecule has 0 aliphatic rings. The minimum Gasteiger partial charge on any atom is -0.503 e. The Balaban J connectivity index is 1.93. The molecule has 152 valence electrons. The SMILES string of the molecule is Cc1cccnc1CN(C(=O)c1noc(-c2cc(F)c(F)c(O)c2F)n1)C(C)C.